The molecule has 2 heterocycles. The van der Waals surface area contributed by atoms with Gasteiger partial charge in [-0.15, -0.1) is 0 Å². The fraction of sp³-hybridized carbons (Fsp3) is 0.214. The zero-order valence-corrected chi connectivity index (χ0v) is 13.2. The topological polar surface area (TPSA) is 85.0 Å². The van der Waals surface area contributed by atoms with Gasteiger partial charge in [-0.2, -0.15) is 10.1 Å². The molecule has 0 saturated heterocycles. The Hall–Kier alpha value is -2.48. The summed E-state index contributed by atoms with van der Waals surface area (Å²) in [6.07, 6.45) is 3.67. The number of nitrogens with zero attached hydrogens (tertiary/aromatic N) is 3. The minimum Gasteiger partial charge on any atom is -0.489 e. The van der Waals surface area contributed by atoms with Crippen LogP contribution < -0.4 is 14.8 Å². The number of nitrogens with one attached hydrogen (secondary N) is 2. The first-order valence-corrected chi connectivity index (χ1v) is 7.71. The molecule has 114 valence electrons. The Bertz CT molecular complexity index is 805. The van der Waals surface area contributed by atoms with Crippen LogP contribution in [-0.4, -0.2) is 40.6 Å². The molecule has 0 aliphatic heterocycles. The maximum Gasteiger partial charge on any atom is 0.263 e. The van der Waals surface area contributed by atoms with E-state index in [1.165, 1.54) is 11.8 Å². The van der Waals surface area contributed by atoms with Crippen molar-refractivity contribution in [3.63, 3.8) is 0 Å². The predicted octanol–water partition coefficient (Wildman–Crippen LogP) is 2.84. The van der Waals surface area contributed by atoms with Crippen LogP contribution in [0.5, 0.6) is 11.6 Å². The number of hydrogen-bond donors (Lipinski definition) is 2. The zero-order chi connectivity index (χ0) is 15.5. The molecular weight excluding hydrogens is 302 g/mol. The van der Waals surface area contributed by atoms with Crippen LogP contribution in [-0.2, 0) is 0 Å². The van der Waals surface area contributed by atoms with Gasteiger partial charge in [-0.3, -0.25) is 5.10 Å². The zero-order valence-electron chi connectivity index (χ0n) is 12.4. The highest BCUT2D eigenvalue weighted by Crippen LogP contribution is 2.35. The number of anilines is 2. The minimum atomic E-state index is 0.397. The maximum absolute atomic E-state index is 5.37. The van der Waals surface area contributed by atoms with Gasteiger partial charge in [-0.05, 0) is 24.5 Å². The molecule has 0 bridgehead atoms. The van der Waals surface area contributed by atoms with Gasteiger partial charge >= 0.3 is 0 Å². The number of methoxy groups -OCH3 is 2. The van der Waals surface area contributed by atoms with Crippen LogP contribution in [0.25, 0.3) is 10.9 Å². The van der Waals surface area contributed by atoms with Crippen molar-refractivity contribution in [3.05, 3.63) is 24.4 Å². The van der Waals surface area contributed by atoms with Crippen molar-refractivity contribution in [2.24, 2.45) is 0 Å². The third-order valence-electron chi connectivity index (χ3n) is 3.10. The second-order valence-corrected chi connectivity index (χ2v) is 5.17. The summed E-state index contributed by atoms with van der Waals surface area (Å²) in [5.41, 5.74) is 1.85. The second-order valence-electron chi connectivity index (χ2n) is 4.40. The van der Waals surface area contributed by atoms with Crippen LogP contribution in [0.1, 0.15) is 0 Å². The van der Waals surface area contributed by atoms with Crippen molar-refractivity contribution < 1.29 is 9.47 Å². The van der Waals surface area contributed by atoms with Crippen LogP contribution in [0.2, 0.25) is 0 Å². The van der Waals surface area contributed by atoms with E-state index in [2.05, 4.69) is 25.5 Å². The third-order valence-corrected chi connectivity index (χ3v) is 3.64. The number of rotatable bonds is 5. The smallest absolute Gasteiger partial charge is 0.263 e. The van der Waals surface area contributed by atoms with Crippen LogP contribution in [0.15, 0.2) is 29.6 Å². The molecule has 0 aliphatic carbocycles. The van der Waals surface area contributed by atoms with Crippen molar-refractivity contribution in [1.29, 1.82) is 0 Å². The molecule has 2 aromatic heterocycles. The fourth-order valence-electron chi connectivity index (χ4n) is 2.07. The summed E-state index contributed by atoms with van der Waals surface area (Å²) in [5, 5.41) is 11.8. The van der Waals surface area contributed by atoms with E-state index in [-0.39, 0.29) is 0 Å². The number of ether oxygens (including phenoxy) is 2. The normalized spacial score (nSPS) is 10.7. The number of fused-ring (bicyclic) bond motifs is 1. The molecule has 0 aliphatic rings. The monoisotopic (exact) mass is 317 g/mol. The molecule has 0 unspecified atom stereocenters. The van der Waals surface area contributed by atoms with Gasteiger partial charge in [0.05, 0.1) is 25.9 Å². The first-order chi connectivity index (χ1) is 10.7. The first kappa shape index (κ1) is 14.5. The second kappa shape index (κ2) is 6.10. The van der Waals surface area contributed by atoms with Gasteiger partial charge in [0.25, 0.3) is 5.88 Å². The molecule has 0 amide bonds. The lowest BCUT2D eigenvalue weighted by atomic mass is 10.2. The predicted molar refractivity (Wildman–Crippen MR) is 86.3 cm³/mol. The lowest BCUT2D eigenvalue weighted by Crippen LogP contribution is -2.03. The molecule has 1 aromatic carbocycles. The third kappa shape index (κ3) is 2.64. The van der Waals surface area contributed by atoms with Gasteiger partial charge in [-0.1, -0.05) is 11.8 Å². The Balaban J connectivity index is 2.02. The van der Waals surface area contributed by atoms with Crippen molar-refractivity contribution >= 4 is 34.2 Å². The van der Waals surface area contributed by atoms with Crippen molar-refractivity contribution in [2.75, 3.05) is 25.8 Å². The molecule has 0 saturated carbocycles. The standard InChI is InChI=1S/C14H15N5O2S/c1-20-11-12(17-14(22-3)18-13(11)21-2)16-9-4-5-10-8(6-9)7-15-19-10/h4-7H,1-3H3,(H,15,19)(H,16,17,18). The van der Waals surface area contributed by atoms with E-state index in [1.807, 2.05) is 24.5 Å². The number of aromatic amines is 1. The Morgan fingerprint density at radius 1 is 1.18 bits per heavy atom. The molecule has 0 spiro atoms. The van der Waals surface area contributed by atoms with Crippen LogP contribution in [0, 0.1) is 0 Å². The molecule has 7 nitrogen and oxygen atoms in total. The molecule has 2 N–H and O–H groups in total. The molecule has 3 aromatic rings. The van der Waals surface area contributed by atoms with Gasteiger partial charge in [0.2, 0.25) is 5.75 Å². The van der Waals surface area contributed by atoms with Gasteiger partial charge in [0.1, 0.15) is 0 Å². The summed E-state index contributed by atoms with van der Waals surface area (Å²) in [5.74, 6) is 1.42. The highest BCUT2D eigenvalue weighted by Gasteiger charge is 2.16. The van der Waals surface area contributed by atoms with Crippen LogP contribution in [0.4, 0.5) is 11.5 Å². The van der Waals surface area contributed by atoms with E-state index in [1.54, 1.807) is 20.4 Å². The summed E-state index contributed by atoms with van der Waals surface area (Å²) in [7, 11) is 3.11. The first-order valence-electron chi connectivity index (χ1n) is 6.49. The molecular formula is C14H15N5O2S. The summed E-state index contributed by atoms with van der Waals surface area (Å²) < 4.78 is 10.6. The molecule has 0 fully saturated rings. The van der Waals surface area contributed by atoms with Crippen molar-refractivity contribution in [2.45, 2.75) is 5.16 Å². The van der Waals surface area contributed by atoms with E-state index in [9.17, 15) is 0 Å². The van der Waals surface area contributed by atoms with E-state index in [0.717, 1.165) is 16.6 Å². The number of hydrogen-bond acceptors (Lipinski definition) is 7. The quantitative estimate of drug-likeness (QED) is 0.553. The average molecular weight is 317 g/mol. The van der Waals surface area contributed by atoms with Gasteiger partial charge < -0.3 is 14.8 Å². The number of thioether (sulfide) groups is 1. The van der Waals surface area contributed by atoms with Crippen LogP contribution >= 0.6 is 11.8 Å². The van der Waals surface area contributed by atoms with Gasteiger partial charge in [0.15, 0.2) is 11.0 Å². The largest absolute Gasteiger partial charge is 0.489 e. The van der Waals surface area contributed by atoms with Crippen LogP contribution in [0.3, 0.4) is 0 Å². The average Bonchev–Trinajstić information content (AvgIpc) is 3.01. The highest BCUT2D eigenvalue weighted by atomic mass is 32.2. The Morgan fingerprint density at radius 3 is 2.77 bits per heavy atom. The Labute approximate surface area is 131 Å². The highest BCUT2D eigenvalue weighted by molar-refractivity contribution is 7.98. The molecule has 3 rings (SSSR count). The summed E-state index contributed by atoms with van der Waals surface area (Å²) in [6.45, 7) is 0. The van der Waals surface area contributed by atoms with E-state index in [4.69, 9.17) is 9.47 Å². The number of H-pyrrole nitrogens is 1. The summed E-state index contributed by atoms with van der Waals surface area (Å²) in [6, 6.07) is 5.87. The minimum absolute atomic E-state index is 0.397. The van der Waals surface area contributed by atoms with Crippen molar-refractivity contribution in [3.8, 4) is 11.6 Å². The Kier molecular flexibility index (Phi) is 4.01. The van der Waals surface area contributed by atoms with E-state index >= 15 is 0 Å². The lowest BCUT2D eigenvalue weighted by molar-refractivity contribution is 0.339. The van der Waals surface area contributed by atoms with Gasteiger partial charge in [-0.25, -0.2) is 4.98 Å². The van der Waals surface area contributed by atoms with E-state index in [0.29, 0.717) is 22.6 Å². The maximum atomic E-state index is 5.37. The fourth-order valence-corrected chi connectivity index (χ4v) is 2.42. The van der Waals surface area contributed by atoms with E-state index < -0.39 is 0 Å². The van der Waals surface area contributed by atoms with Crippen molar-refractivity contribution in [1.82, 2.24) is 20.2 Å². The SMILES string of the molecule is COc1nc(SC)nc(Nc2ccc3[nH]ncc3c2)c1OC. The number of aromatic nitrogens is 4. The lowest BCUT2D eigenvalue weighted by Gasteiger charge is -2.13. The molecule has 0 atom stereocenters. The molecule has 22 heavy (non-hydrogen) atoms. The molecule has 0 radical (unpaired) electrons. The number of benzene rings is 1. The Morgan fingerprint density at radius 2 is 2.05 bits per heavy atom. The molecule has 8 heteroatoms. The summed E-state index contributed by atoms with van der Waals surface area (Å²) >= 11 is 1.43. The summed E-state index contributed by atoms with van der Waals surface area (Å²) in [4.78, 5) is 8.72. The van der Waals surface area contributed by atoms with Gasteiger partial charge in [0, 0.05) is 11.1 Å².